The molecule has 0 bridgehead atoms. The van der Waals surface area contributed by atoms with Gasteiger partial charge in [-0.3, -0.25) is 4.90 Å². The fourth-order valence-electron chi connectivity index (χ4n) is 1.08. The van der Waals surface area contributed by atoms with E-state index in [4.69, 9.17) is 4.74 Å². The Morgan fingerprint density at radius 2 is 2.00 bits per heavy atom. The Kier molecular flexibility index (Phi) is 3.91. The van der Waals surface area contributed by atoms with E-state index in [9.17, 15) is 0 Å². The van der Waals surface area contributed by atoms with Crippen molar-refractivity contribution in [3.05, 3.63) is 0 Å². The highest BCUT2D eigenvalue weighted by Crippen LogP contribution is 2.09. The van der Waals surface area contributed by atoms with Gasteiger partial charge < -0.3 is 4.74 Å². The van der Waals surface area contributed by atoms with Crippen molar-refractivity contribution in [1.82, 2.24) is 4.90 Å². The molecular weight excluding hydrogens is 126 g/mol. The predicted molar refractivity (Wildman–Crippen MR) is 44.2 cm³/mol. The summed E-state index contributed by atoms with van der Waals surface area (Å²) in [6.07, 6.45) is 0.406. The van der Waals surface area contributed by atoms with Crippen molar-refractivity contribution in [2.24, 2.45) is 0 Å². The van der Waals surface area contributed by atoms with E-state index in [0.717, 1.165) is 13.2 Å². The fourth-order valence-corrected chi connectivity index (χ4v) is 1.08. The Morgan fingerprint density at radius 1 is 1.40 bits per heavy atom. The van der Waals surface area contributed by atoms with Crippen molar-refractivity contribution in [3.63, 3.8) is 0 Å². The molecule has 2 unspecified atom stereocenters. The first-order valence-corrected chi connectivity index (χ1v) is 3.53. The number of morpholine rings is 1. The summed E-state index contributed by atoms with van der Waals surface area (Å²) in [4.78, 5) is 2.33. The van der Waals surface area contributed by atoms with E-state index in [0.29, 0.717) is 12.1 Å². The molecule has 0 aromatic rings. The molecule has 62 valence electrons. The van der Waals surface area contributed by atoms with Gasteiger partial charge in [0.15, 0.2) is 0 Å². The summed E-state index contributed by atoms with van der Waals surface area (Å²) in [7, 11) is 2.14. The van der Waals surface area contributed by atoms with Crippen LogP contribution in [0.1, 0.15) is 21.3 Å². The molecule has 0 spiro atoms. The fraction of sp³-hybridized carbons (Fsp3) is 1.00. The molecule has 0 aromatic heterocycles. The second kappa shape index (κ2) is 3.94. The predicted octanol–water partition coefficient (Wildman–Crippen LogP) is 1.36. The van der Waals surface area contributed by atoms with E-state index >= 15 is 0 Å². The van der Waals surface area contributed by atoms with Crippen LogP contribution in [0.15, 0.2) is 0 Å². The Bertz CT molecular complexity index is 85.3. The van der Waals surface area contributed by atoms with Crippen LogP contribution in [-0.2, 0) is 4.74 Å². The van der Waals surface area contributed by atoms with Crippen LogP contribution in [0, 0.1) is 0 Å². The summed E-state index contributed by atoms with van der Waals surface area (Å²) < 4.78 is 5.42. The summed E-state index contributed by atoms with van der Waals surface area (Å²) in [6, 6.07) is 0.582. The van der Waals surface area contributed by atoms with Crippen molar-refractivity contribution in [2.75, 3.05) is 20.2 Å². The zero-order valence-corrected chi connectivity index (χ0v) is 6.42. The van der Waals surface area contributed by atoms with Crippen molar-refractivity contribution >= 4 is 0 Å². The molecule has 2 nitrogen and oxygen atoms in total. The number of nitrogens with zero attached hydrogens (tertiary/aromatic N) is 1. The average Bonchev–Trinajstić information content (AvgIpc) is 1.83. The number of hydrogen-bond acceptors (Lipinski definition) is 2. The Balaban J connectivity index is 0.000000810. The van der Waals surface area contributed by atoms with Gasteiger partial charge in [-0.05, 0) is 20.9 Å². The number of ether oxygens (including phenoxy) is 1. The van der Waals surface area contributed by atoms with Gasteiger partial charge in [-0.15, -0.1) is 0 Å². The summed E-state index contributed by atoms with van der Waals surface area (Å²) in [6.45, 7) is 6.29. The van der Waals surface area contributed by atoms with Crippen LogP contribution in [0.3, 0.4) is 0 Å². The molecule has 1 saturated heterocycles. The molecule has 1 fully saturated rings. The Labute approximate surface area is 64.2 Å². The third-order valence-electron chi connectivity index (χ3n) is 2.20. The SMILES string of the molecule is C.CC1OCCN(C)C1C. The van der Waals surface area contributed by atoms with Crippen molar-refractivity contribution in [2.45, 2.75) is 33.4 Å². The van der Waals surface area contributed by atoms with Gasteiger partial charge in [-0.25, -0.2) is 0 Å². The third kappa shape index (κ3) is 1.96. The lowest BCUT2D eigenvalue weighted by molar-refractivity contribution is -0.0448. The van der Waals surface area contributed by atoms with Crippen LogP contribution in [0.4, 0.5) is 0 Å². The van der Waals surface area contributed by atoms with Gasteiger partial charge in [0.25, 0.3) is 0 Å². The lowest BCUT2D eigenvalue weighted by atomic mass is 10.1. The molecule has 1 rings (SSSR count). The average molecular weight is 145 g/mol. The standard InChI is InChI=1S/C7H15NO.CH4/c1-6-7(2)9-5-4-8(6)3;/h6-7H,4-5H2,1-3H3;1H4. The smallest absolute Gasteiger partial charge is 0.0699 e. The molecule has 0 aliphatic carbocycles. The van der Waals surface area contributed by atoms with Crippen LogP contribution in [0.2, 0.25) is 0 Å². The third-order valence-corrected chi connectivity index (χ3v) is 2.20. The molecule has 0 amide bonds. The molecular formula is C8H19NO. The van der Waals surface area contributed by atoms with Crippen molar-refractivity contribution in [3.8, 4) is 0 Å². The van der Waals surface area contributed by atoms with Crippen molar-refractivity contribution < 1.29 is 4.74 Å². The van der Waals surface area contributed by atoms with Gasteiger partial charge in [0, 0.05) is 12.6 Å². The van der Waals surface area contributed by atoms with Crippen LogP contribution in [0.5, 0.6) is 0 Å². The molecule has 2 heteroatoms. The minimum atomic E-state index is 0. The topological polar surface area (TPSA) is 12.5 Å². The maximum Gasteiger partial charge on any atom is 0.0699 e. The monoisotopic (exact) mass is 145 g/mol. The quantitative estimate of drug-likeness (QED) is 0.510. The maximum absolute atomic E-state index is 5.42. The van der Waals surface area contributed by atoms with E-state index in [-0.39, 0.29) is 7.43 Å². The number of rotatable bonds is 0. The number of likely N-dealkylation sites (N-methyl/N-ethyl adjacent to an activating group) is 1. The number of hydrogen-bond donors (Lipinski definition) is 0. The summed E-state index contributed by atoms with van der Waals surface area (Å²) in [5.74, 6) is 0. The second-order valence-electron chi connectivity index (χ2n) is 2.80. The Hall–Kier alpha value is -0.0800. The van der Waals surface area contributed by atoms with Gasteiger partial charge >= 0.3 is 0 Å². The minimum Gasteiger partial charge on any atom is -0.376 e. The highest BCUT2D eigenvalue weighted by atomic mass is 16.5. The van der Waals surface area contributed by atoms with E-state index in [1.165, 1.54) is 0 Å². The summed E-state index contributed by atoms with van der Waals surface area (Å²) in [5.41, 5.74) is 0. The molecule has 0 N–H and O–H groups in total. The highest BCUT2D eigenvalue weighted by Gasteiger charge is 2.21. The van der Waals surface area contributed by atoms with Gasteiger partial charge in [-0.2, -0.15) is 0 Å². The molecule has 2 atom stereocenters. The zero-order valence-electron chi connectivity index (χ0n) is 6.42. The Morgan fingerprint density at radius 3 is 2.40 bits per heavy atom. The molecule has 0 aromatic carbocycles. The second-order valence-corrected chi connectivity index (χ2v) is 2.80. The normalized spacial score (nSPS) is 35.1. The van der Waals surface area contributed by atoms with Gasteiger partial charge in [-0.1, -0.05) is 7.43 Å². The van der Waals surface area contributed by atoms with E-state index in [2.05, 4.69) is 25.8 Å². The molecule has 0 saturated carbocycles. The molecule has 1 heterocycles. The molecule has 1 aliphatic rings. The maximum atomic E-state index is 5.42. The first kappa shape index (κ1) is 9.92. The molecule has 0 radical (unpaired) electrons. The van der Waals surface area contributed by atoms with E-state index in [1.807, 2.05) is 0 Å². The molecule has 10 heavy (non-hydrogen) atoms. The van der Waals surface area contributed by atoms with Gasteiger partial charge in [0.05, 0.1) is 12.7 Å². The lowest BCUT2D eigenvalue weighted by Crippen LogP contribution is -2.45. The van der Waals surface area contributed by atoms with Crippen LogP contribution >= 0.6 is 0 Å². The lowest BCUT2D eigenvalue weighted by Gasteiger charge is -2.34. The van der Waals surface area contributed by atoms with Gasteiger partial charge in [0.2, 0.25) is 0 Å². The first-order valence-electron chi connectivity index (χ1n) is 3.53. The summed E-state index contributed by atoms with van der Waals surface area (Å²) in [5, 5.41) is 0. The first-order chi connectivity index (χ1) is 4.22. The van der Waals surface area contributed by atoms with Crippen molar-refractivity contribution in [1.29, 1.82) is 0 Å². The van der Waals surface area contributed by atoms with Crippen LogP contribution < -0.4 is 0 Å². The van der Waals surface area contributed by atoms with E-state index in [1.54, 1.807) is 0 Å². The summed E-state index contributed by atoms with van der Waals surface area (Å²) >= 11 is 0. The van der Waals surface area contributed by atoms with Crippen LogP contribution in [0.25, 0.3) is 0 Å². The minimum absolute atomic E-state index is 0. The molecule has 1 aliphatic heterocycles. The highest BCUT2D eigenvalue weighted by molar-refractivity contribution is 4.73. The zero-order chi connectivity index (χ0) is 6.85. The van der Waals surface area contributed by atoms with Gasteiger partial charge in [0.1, 0.15) is 0 Å². The van der Waals surface area contributed by atoms with Crippen LogP contribution in [-0.4, -0.2) is 37.2 Å². The van der Waals surface area contributed by atoms with E-state index < -0.39 is 0 Å². The largest absolute Gasteiger partial charge is 0.376 e.